The minimum absolute atomic E-state index is 0.187. The molecular formula is C10H11Cl2NO2. The molecule has 0 bridgehead atoms. The van der Waals surface area contributed by atoms with E-state index in [-0.39, 0.29) is 12.5 Å². The molecule has 0 radical (unpaired) electrons. The van der Waals surface area contributed by atoms with Gasteiger partial charge in [-0.25, -0.2) is 4.79 Å². The van der Waals surface area contributed by atoms with E-state index < -0.39 is 6.09 Å². The Kier molecular flexibility index (Phi) is 4.72. The zero-order chi connectivity index (χ0) is 11.3. The number of nitrogens with one attached hydrogen (secondary N) is 1. The number of carbonyl (C=O) groups is 1. The molecule has 1 N–H and O–H groups in total. The number of aryl methyl sites for hydroxylation is 1. The topological polar surface area (TPSA) is 38.3 Å². The Morgan fingerprint density at radius 1 is 1.53 bits per heavy atom. The summed E-state index contributed by atoms with van der Waals surface area (Å²) in [6, 6.07) is 5.24. The van der Waals surface area contributed by atoms with Crippen molar-refractivity contribution in [2.24, 2.45) is 0 Å². The van der Waals surface area contributed by atoms with Crippen molar-refractivity contribution in [1.82, 2.24) is 0 Å². The van der Waals surface area contributed by atoms with Crippen LogP contribution < -0.4 is 5.32 Å². The van der Waals surface area contributed by atoms with Crippen LogP contribution in [0.1, 0.15) is 5.56 Å². The van der Waals surface area contributed by atoms with Gasteiger partial charge in [0, 0.05) is 10.7 Å². The SMILES string of the molecule is Cc1ccc(NC(=O)OCCCl)cc1Cl. The van der Waals surface area contributed by atoms with Crippen molar-refractivity contribution in [3.8, 4) is 0 Å². The first-order chi connectivity index (χ1) is 7.13. The van der Waals surface area contributed by atoms with E-state index in [1.54, 1.807) is 12.1 Å². The number of halogens is 2. The molecule has 1 aromatic carbocycles. The zero-order valence-electron chi connectivity index (χ0n) is 8.22. The number of hydrogen-bond donors (Lipinski definition) is 1. The number of alkyl halides is 1. The highest BCUT2D eigenvalue weighted by atomic mass is 35.5. The summed E-state index contributed by atoms with van der Waals surface area (Å²) in [5.74, 6) is 0.280. The maximum Gasteiger partial charge on any atom is 0.411 e. The summed E-state index contributed by atoms with van der Waals surface area (Å²) in [5.41, 5.74) is 1.56. The van der Waals surface area contributed by atoms with Crippen molar-refractivity contribution in [2.75, 3.05) is 17.8 Å². The average Bonchev–Trinajstić information content (AvgIpc) is 2.20. The minimum atomic E-state index is -0.532. The fourth-order valence-corrected chi connectivity index (χ4v) is 1.21. The molecule has 0 aliphatic carbocycles. The summed E-state index contributed by atoms with van der Waals surface area (Å²) in [5, 5.41) is 3.14. The van der Waals surface area contributed by atoms with Crippen LogP contribution in [0.4, 0.5) is 10.5 Å². The van der Waals surface area contributed by atoms with Gasteiger partial charge in [0.2, 0.25) is 0 Å². The van der Waals surface area contributed by atoms with Crippen molar-refractivity contribution in [2.45, 2.75) is 6.92 Å². The van der Waals surface area contributed by atoms with Gasteiger partial charge in [-0.15, -0.1) is 11.6 Å². The van der Waals surface area contributed by atoms with Gasteiger partial charge in [-0.3, -0.25) is 5.32 Å². The number of rotatable bonds is 3. The molecule has 1 amide bonds. The van der Waals surface area contributed by atoms with Crippen LogP contribution in [-0.2, 0) is 4.74 Å². The van der Waals surface area contributed by atoms with Gasteiger partial charge < -0.3 is 4.74 Å². The van der Waals surface area contributed by atoms with Gasteiger partial charge in [-0.05, 0) is 24.6 Å². The van der Waals surface area contributed by atoms with E-state index in [0.29, 0.717) is 10.7 Å². The van der Waals surface area contributed by atoms with E-state index in [1.165, 1.54) is 0 Å². The van der Waals surface area contributed by atoms with Crippen LogP contribution in [-0.4, -0.2) is 18.6 Å². The maximum atomic E-state index is 11.1. The Hall–Kier alpha value is -0.930. The number of anilines is 1. The first-order valence-corrected chi connectivity index (χ1v) is 5.30. The average molecular weight is 248 g/mol. The number of hydrogen-bond acceptors (Lipinski definition) is 2. The molecule has 3 nitrogen and oxygen atoms in total. The van der Waals surface area contributed by atoms with Crippen molar-refractivity contribution in [3.63, 3.8) is 0 Å². The molecule has 0 aliphatic rings. The molecule has 0 aliphatic heterocycles. The summed E-state index contributed by atoms with van der Waals surface area (Å²) < 4.78 is 4.74. The Balaban J connectivity index is 2.57. The summed E-state index contributed by atoms with van der Waals surface area (Å²) in [4.78, 5) is 11.1. The molecule has 0 saturated carbocycles. The summed E-state index contributed by atoms with van der Waals surface area (Å²) >= 11 is 11.3. The van der Waals surface area contributed by atoms with Gasteiger partial charge in [-0.2, -0.15) is 0 Å². The number of benzene rings is 1. The third-order valence-electron chi connectivity index (χ3n) is 1.73. The van der Waals surface area contributed by atoms with Crippen LogP contribution in [0.15, 0.2) is 18.2 Å². The molecule has 0 unspecified atom stereocenters. The molecule has 0 heterocycles. The van der Waals surface area contributed by atoms with Gasteiger partial charge in [-0.1, -0.05) is 17.7 Å². The molecule has 5 heteroatoms. The molecule has 0 spiro atoms. The normalized spacial score (nSPS) is 9.80. The second kappa shape index (κ2) is 5.83. The van der Waals surface area contributed by atoms with Crippen molar-refractivity contribution in [1.29, 1.82) is 0 Å². The predicted octanol–water partition coefficient (Wildman–Crippen LogP) is 3.44. The molecular weight excluding hydrogens is 237 g/mol. The molecule has 1 rings (SSSR count). The lowest BCUT2D eigenvalue weighted by molar-refractivity contribution is 0.168. The Morgan fingerprint density at radius 2 is 2.27 bits per heavy atom. The monoisotopic (exact) mass is 247 g/mol. The largest absolute Gasteiger partial charge is 0.448 e. The Bertz CT molecular complexity index is 355. The first-order valence-electron chi connectivity index (χ1n) is 4.39. The van der Waals surface area contributed by atoms with E-state index >= 15 is 0 Å². The quantitative estimate of drug-likeness (QED) is 0.832. The van der Waals surface area contributed by atoms with E-state index in [9.17, 15) is 4.79 Å². The molecule has 0 atom stereocenters. The molecule has 15 heavy (non-hydrogen) atoms. The first kappa shape index (κ1) is 12.1. The third-order valence-corrected chi connectivity index (χ3v) is 2.29. The Morgan fingerprint density at radius 3 is 2.87 bits per heavy atom. The van der Waals surface area contributed by atoms with Crippen LogP contribution in [0.5, 0.6) is 0 Å². The van der Waals surface area contributed by atoms with E-state index in [2.05, 4.69) is 5.32 Å². The van der Waals surface area contributed by atoms with Crippen LogP contribution in [0, 0.1) is 6.92 Å². The maximum absolute atomic E-state index is 11.1. The zero-order valence-corrected chi connectivity index (χ0v) is 9.73. The van der Waals surface area contributed by atoms with Crippen LogP contribution in [0.2, 0.25) is 5.02 Å². The van der Waals surface area contributed by atoms with Crippen molar-refractivity contribution >= 4 is 35.0 Å². The number of amides is 1. The lowest BCUT2D eigenvalue weighted by Gasteiger charge is -2.06. The predicted molar refractivity (Wildman–Crippen MR) is 61.9 cm³/mol. The fourth-order valence-electron chi connectivity index (χ4n) is 0.956. The third kappa shape index (κ3) is 3.98. The van der Waals surface area contributed by atoms with Crippen molar-refractivity contribution < 1.29 is 9.53 Å². The smallest absolute Gasteiger partial charge is 0.411 e. The minimum Gasteiger partial charge on any atom is -0.448 e. The van der Waals surface area contributed by atoms with Crippen LogP contribution >= 0.6 is 23.2 Å². The molecule has 82 valence electrons. The fraction of sp³-hybridized carbons (Fsp3) is 0.300. The van der Waals surface area contributed by atoms with E-state index in [0.717, 1.165) is 5.56 Å². The highest BCUT2D eigenvalue weighted by Crippen LogP contribution is 2.19. The van der Waals surface area contributed by atoms with Gasteiger partial charge >= 0.3 is 6.09 Å². The number of carbonyl (C=O) groups excluding carboxylic acids is 1. The van der Waals surface area contributed by atoms with Gasteiger partial charge in [0.05, 0.1) is 5.88 Å². The highest BCUT2D eigenvalue weighted by molar-refractivity contribution is 6.31. The van der Waals surface area contributed by atoms with Gasteiger partial charge in [0.1, 0.15) is 6.61 Å². The van der Waals surface area contributed by atoms with Crippen LogP contribution in [0.25, 0.3) is 0 Å². The molecule has 0 saturated heterocycles. The molecule has 0 aromatic heterocycles. The highest BCUT2D eigenvalue weighted by Gasteiger charge is 2.03. The Labute approximate surface area is 98.3 Å². The van der Waals surface area contributed by atoms with E-state index in [4.69, 9.17) is 27.9 Å². The standard InChI is InChI=1S/C10H11Cl2NO2/c1-7-2-3-8(6-9(7)12)13-10(14)15-5-4-11/h2-3,6H,4-5H2,1H3,(H,13,14). The van der Waals surface area contributed by atoms with Gasteiger partial charge in [0.25, 0.3) is 0 Å². The summed E-state index contributed by atoms with van der Waals surface area (Å²) in [6.07, 6.45) is -0.532. The second-order valence-corrected chi connectivity index (χ2v) is 3.70. The van der Waals surface area contributed by atoms with Crippen LogP contribution in [0.3, 0.4) is 0 Å². The second-order valence-electron chi connectivity index (χ2n) is 2.91. The number of ether oxygens (including phenoxy) is 1. The summed E-state index contributed by atoms with van der Waals surface area (Å²) in [6.45, 7) is 2.07. The van der Waals surface area contributed by atoms with Gasteiger partial charge in [0.15, 0.2) is 0 Å². The summed E-state index contributed by atoms with van der Waals surface area (Å²) in [7, 11) is 0. The molecule has 1 aromatic rings. The lowest BCUT2D eigenvalue weighted by atomic mass is 10.2. The molecule has 0 fully saturated rings. The lowest BCUT2D eigenvalue weighted by Crippen LogP contribution is -2.14. The van der Waals surface area contributed by atoms with Crippen molar-refractivity contribution in [3.05, 3.63) is 28.8 Å². The van der Waals surface area contributed by atoms with E-state index in [1.807, 2.05) is 13.0 Å².